The predicted molar refractivity (Wildman–Crippen MR) is 111 cm³/mol. The fourth-order valence-corrected chi connectivity index (χ4v) is 4.62. The van der Waals surface area contributed by atoms with Crippen LogP contribution < -0.4 is 0 Å². The maximum atomic E-state index is 5.88. The number of nitrogens with zero attached hydrogens (tertiary/aromatic N) is 2. The van der Waals surface area contributed by atoms with Crippen LogP contribution in [-0.2, 0) is 48.7 Å². The van der Waals surface area contributed by atoms with Gasteiger partial charge >= 0.3 is 0 Å². The summed E-state index contributed by atoms with van der Waals surface area (Å²) in [4.78, 5) is 10.2. The van der Waals surface area contributed by atoms with Crippen molar-refractivity contribution in [3.8, 4) is 11.4 Å². The number of aryl methyl sites for hydroxylation is 2. The molecule has 2 aromatic heterocycles. The van der Waals surface area contributed by atoms with Crippen LogP contribution in [0.3, 0.4) is 0 Å². The molecule has 2 aliphatic rings. The lowest BCUT2D eigenvalue weighted by Crippen LogP contribution is -2.09. The van der Waals surface area contributed by atoms with Gasteiger partial charge in [-0.15, -0.1) is 0 Å². The molecule has 0 N–H and O–H groups in total. The van der Waals surface area contributed by atoms with Gasteiger partial charge in [-0.1, -0.05) is 26.7 Å². The van der Waals surface area contributed by atoms with Crippen LogP contribution >= 0.6 is 0 Å². The Kier molecular flexibility index (Phi) is 5.79. The quantitative estimate of drug-likeness (QED) is 0.636. The highest BCUT2D eigenvalue weighted by atomic mass is 16.5. The van der Waals surface area contributed by atoms with Crippen LogP contribution in [0.5, 0.6) is 0 Å². The Morgan fingerprint density at radius 1 is 0.643 bits per heavy atom. The van der Waals surface area contributed by atoms with Crippen LogP contribution in [0, 0.1) is 13.8 Å². The van der Waals surface area contributed by atoms with Gasteiger partial charge < -0.3 is 9.47 Å². The van der Waals surface area contributed by atoms with Gasteiger partial charge in [0.2, 0.25) is 0 Å². The molecule has 0 bridgehead atoms. The summed E-state index contributed by atoms with van der Waals surface area (Å²) in [5.41, 5.74) is 12.3. The van der Waals surface area contributed by atoms with Crippen molar-refractivity contribution in [3.63, 3.8) is 0 Å². The minimum atomic E-state index is 0.644. The Morgan fingerprint density at radius 3 is 1.43 bits per heavy atom. The van der Waals surface area contributed by atoms with Gasteiger partial charge in [-0.25, -0.2) is 0 Å². The zero-order valence-corrected chi connectivity index (χ0v) is 17.8. The van der Waals surface area contributed by atoms with Crippen molar-refractivity contribution < 1.29 is 9.47 Å². The smallest absolute Gasteiger partial charge is 0.0952 e. The maximum Gasteiger partial charge on any atom is 0.0952 e. The molecule has 0 saturated carbocycles. The molecule has 2 aromatic rings. The van der Waals surface area contributed by atoms with E-state index in [-0.39, 0.29) is 0 Å². The standard InChI is InChI=1S/C24H32N2O2/c1-5-7-9-17-15(3)25-23(21-13-27-11-19(17)21)24-22-14-28-12-20(22)18(10-8-6-2)16(4)26-24/h5-14H2,1-4H3. The molecule has 0 fully saturated rings. The molecule has 150 valence electrons. The summed E-state index contributed by atoms with van der Waals surface area (Å²) in [6, 6.07) is 0. The SMILES string of the molecule is CCCCc1c(C)nc(-c2nc(C)c(CCCC)c3c2COC3)c2c1COC2. The number of hydrogen-bond donors (Lipinski definition) is 0. The number of fused-ring (bicyclic) bond motifs is 2. The third-order valence-electron chi connectivity index (χ3n) is 6.23. The van der Waals surface area contributed by atoms with Gasteiger partial charge in [-0.05, 0) is 61.8 Å². The van der Waals surface area contributed by atoms with E-state index in [1.807, 2.05) is 0 Å². The van der Waals surface area contributed by atoms with E-state index in [1.54, 1.807) is 0 Å². The number of pyridine rings is 2. The minimum Gasteiger partial charge on any atom is -0.372 e. The topological polar surface area (TPSA) is 44.2 Å². The molecule has 0 aliphatic carbocycles. The van der Waals surface area contributed by atoms with Gasteiger partial charge in [0.15, 0.2) is 0 Å². The number of hydrogen-bond acceptors (Lipinski definition) is 4. The third-order valence-corrected chi connectivity index (χ3v) is 6.23. The number of unbranched alkanes of at least 4 members (excludes halogenated alkanes) is 2. The summed E-state index contributed by atoms with van der Waals surface area (Å²) >= 11 is 0. The van der Waals surface area contributed by atoms with Gasteiger partial charge in [0.25, 0.3) is 0 Å². The maximum absolute atomic E-state index is 5.88. The second-order valence-corrected chi connectivity index (χ2v) is 8.16. The van der Waals surface area contributed by atoms with Gasteiger partial charge in [0.05, 0.1) is 37.8 Å². The van der Waals surface area contributed by atoms with E-state index < -0.39 is 0 Å². The molecule has 4 nitrogen and oxygen atoms in total. The van der Waals surface area contributed by atoms with Gasteiger partial charge in [-0.2, -0.15) is 0 Å². The highest BCUT2D eigenvalue weighted by molar-refractivity contribution is 5.69. The summed E-state index contributed by atoms with van der Waals surface area (Å²) in [6.07, 6.45) is 6.96. The molecular weight excluding hydrogens is 348 g/mol. The Labute approximate surface area is 168 Å². The minimum absolute atomic E-state index is 0.644. The highest BCUT2D eigenvalue weighted by Crippen LogP contribution is 2.39. The summed E-state index contributed by atoms with van der Waals surface area (Å²) < 4.78 is 11.8. The van der Waals surface area contributed by atoms with E-state index in [0.29, 0.717) is 26.4 Å². The Morgan fingerprint density at radius 2 is 1.04 bits per heavy atom. The van der Waals surface area contributed by atoms with E-state index in [2.05, 4.69) is 27.7 Å². The Hall–Kier alpha value is -1.78. The first-order valence-electron chi connectivity index (χ1n) is 10.8. The number of rotatable bonds is 7. The first-order chi connectivity index (χ1) is 13.7. The highest BCUT2D eigenvalue weighted by Gasteiger charge is 2.29. The van der Waals surface area contributed by atoms with Crippen molar-refractivity contribution in [1.29, 1.82) is 0 Å². The Bertz CT molecular complexity index is 816. The van der Waals surface area contributed by atoms with Crippen molar-refractivity contribution in [2.45, 2.75) is 92.6 Å². The monoisotopic (exact) mass is 380 g/mol. The Balaban J connectivity index is 1.85. The van der Waals surface area contributed by atoms with E-state index in [0.717, 1.165) is 35.6 Å². The predicted octanol–water partition coefficient (Wildman–Crippen LogP) is 5.51. The van der Waals surface area contributed by atoms with E-state index in [4.69, 9.17) is 19.4 Å². The van der Waals surface area contributed by atoms with Gasteiger partial charge in [0.1, 0.15) is 0 Å². The van der Waals surface area contributed by atoms with Crippen molar-refractivity contribution in [2.24, 2.45) is 0 Å². The molecule has 0 spiro atoms. The molecular formula is C24H32N2O2. The van der Waals surface area contributed by atoms with Crippen LogP contribution in [0.15, 0.2) is 0 Å². The molecule has 0 atom stereocenters. The second-order valence-electron chi connectivity index (χ2n) is 8.16. The van der Waals surface area contributed by atoms with E-state index in [9.17, 15) is 0 Å². The first-order valence-corrected chi connectivity index (χ1v) is 10.8. The lowest BCUT2D eigenvalue weighted by Gasteiger charge is -2.18. The van der Waals surface area contributed by atoms with Crippen LogP contribution in [0.25, 0.3) is 11.4 Å². The average molecular weight is 381 g/mol. The number of ether oxygens (including phenoxy) is 2. The lowest BCUT2D eigenvalue weighted by molar-refractivity contribution is 0.133. The lowest BCUT2D eigenvalue weighted by atomic mass is 9.92. The molecule has 4 heterocycles. The summed E-state index contributed by atoms with van der Waals surface area (Å²) in [7, 11) is 0. The fourth-order valence-electron chi connectivity index (χ4n) is 4.62. The summed E-state index contributed by atoms with van der Waals surface area (Å²) in [5.74, 6) is 0. The molecule has 0 unspecified atom stereocenters. The largest absolute Gasteiger partial charge is 0.372 e. The van der Waals surface area contributed by atoms with Crippen molar-refractivity contribution in [3.05, 3.63) is 44.8 Å². The van der Waals surface area contributed by atoms with Crippen molar-refractivity contribution >= 4 is 0 Å². The zero-order valence-electron chi connectivity index (χ0n) is 17.8. The van der Waals surface area contributed by atoms with Crippen LogP contribution in [0.4, 0.5) is 0 Å². The van der Waals surface area contributed by atoms with Gasteiger partial charge in [0, 0.05) is 22.5 Å². The van der Waals surface area contributed by atoms with Crippen molar-refractivity contribution in [1.82, 2.24) is 9.97 Å². The molecule has 0 aromatic carbocycles. The zero-order chi connectivity index (χ0) is 19.7. The van der Waals surface area contributed by atoms with Crippen LogP contribution in [0.1, 0.15) is 84.3 Å². The van der Waals surface area contributed by atoms with Gasteiger partial charge in [-0.3, -0.25) is 9.97 Å². The first kappa shape index (κ1) is 19.5. The molecule has 0 radical (unpaired) electrons. The molecule has 28 heavy (non-hydrogen) atoms. The van der Waals surface area contributed by atoms with Crippen molar-refractivity contribution in [2.75, 3.05) is 0 Å². The van der Waals surface area contributed by atoms with E-state index in [1.165, 1.54) is 59.1 Å². The summed E-state index contributed by atoms with van der Waals surface area (Å²) in [5, 5.41) is 0. The summed E-state index contributed by atoms with van der Waals surface area (Å²) in [6.45, 7) is 11.5. The molecule has 0 amide bonds. The number of aromatic nitrogens is 2. The normalized spacial score (nSPS) is 15.1. The van der Waals surface area contributed by atoms with Crippen LogP contribution in [-0.4, -0.2) is 9.97 Å². The van der Waals surface area contributed by atoms with Crippen LogP contribution in [0.2, 0.25) is 0 Å². The molecule has 2 aliphatic heterocycles. The van der Waals surface area contributed by atoms with E-state index >= 15 is 0 Å². The fraction of sp³-hybridized carbons (Fsp3) is 0.583. The second kappa shape index (κ2) is 8.30. The average Bonchev–Trinajstić information content (AvgIpc) is 3.35. The molecule has 4 rings (SSSR count). The third kappa shape index (κ3) is 3.37. The molecule has 4 heteroatoms. The molecule has 0 saturated heterocycles.